The van der Waals surface area contributed by atoms with Gasteiger partial charge in [0.15, 0.2) is 0 Å². The van der Waals surface area contributed by atoms with Crippen molar-refractivity contribution in [3.05, 3.63) is 66.1 Å². The molecule has 2 aliphatic heterocycles. The first-order valence-corrected chi connectivity index (χ1v) is 10.2. The lowest BCUT2D eigenvalue weighted by Gasteiger charge is -2.35. The van der Waals surface area contributed by atoms with Gasteiger partial charge in [0.25, 0.3) is 0 Å². The van der Waals surface area contributed by atoms with Gasteiger partial charge >= 0.3 is 0 Å². The van der Waals surface area contributed by atoms with Gasteiger partial charge < -0.3 is 14.5 Å². The van der Waals surface area contributed by atoms with Crippen molar-refractivity contribution < 1.29 is 9.53 Å². The molecule has 2 fully saturated rings. The second-order valence-corrected chi connectivity index (χ2v) is 7.93. The number of hydrogen-bond donors (Lipinski definition) is 0. The molecule has 30 heavy (non-hydrogen) atoms. The van der Waals surface area contributed by atoms with Crippen LogP contribution in [-0.2, 0) is 4.79 Å². The molecule has 152 valence electrons. The van der Waals surface area contributed by atoms with E-state index in [2.05, 4.69) is 33.1 Å². The van der Waals surface area contributed by atoms with Gasteiger partial charge in [0.1, 0.15) is 23.9 Å². The number of methoxy groups -OCH3 is 1. The monoisotopic (exact) mass is 400 g/mol. The maximum Gasteiger partial charge on any atom is 0.250 e. The van der Waals surface area contributed by atoms with Crippen LogP contribution < -0.4 is 14.5 Å². The number of nitrogens with zero attached hydrogens (tertiary/aromatic N) is 4. The third-order valence-electron chi connectivity index (χ3n) is 6.29. The average Bonchev–Trinajstić information content (AvgIpc) is 3.34. The first kappa shape index (κ1) is 18.6. The fourth-order valence-corrected chi connectivity index (χ4v) is 4.63. The van der Waals surface area contributed by atoms with E-state index in [-0.39, 0.29) is 18.0 Å². The summed E-state index contributed by atoms with van der Waals surface area (Å²) in [5.41, 5.74) is 5.01. The number of ether oxygens (including phenoxy) is 1. The van der Waals surface area contributed by atoms with Gasteiger partial charge in [0, 0.05) is 17.8 Å². The zero-order valence-corrected chi connectivity index (χ0v) is 17.4. The number of anilines is 2. The van der Waals surface area contributed by atoms with Crippen LogP contribution in [0.15, 0.2) is 54.9 Å². The Balaban J connectivity index is 1.50. The molecule has 1 aromatic heterocycles. The van der Waals surface area contributed by atoms with Crippen LogP contribution >= 0.6 is 0 Å². The van der Waals surface area contributed by atoms with Crippen molar-refractivity contribution in [3.8, 4) is 16.9 Å². The second-order valence-electron chi connectivity index (χ2n) is 7.93. The van der Waals surface area contributed by atoms with Crippen LogP contribution in [0.2, 0.25) is 0 Å². The van der Waals surface area contributed by atoms with E-state index in [0.29, 0.717) is 0 Å². The predicted octanol–water partition coefficient (Wildman–Crippen LogP) is 3.76. The molecule has 0 spiro atoms. The average molecular weight is 400 g/mol. The topological polar surface area (TPSA) is 58.6 Å². The molecule has 2 aromatic carbocycles. The summed E-state index contributed by atoms with van der Waals surface area (Å²) in [6.45, 7) is 4.75. The number of aromatic nitrogens is 2. The smallest absolute Gasteiger partial charge is 0.250 e. The highest BCUT2D eigenvalue weighted by molar-refractivity contribution is 6.05. The van der Waals surface area contributed by atoms with E-state index in [1.807, 2.05) is 49.1 Å². The minimum absolute atomic E-state index is 0.0945. The zero-order chi connectivity index (χ0) is 20.8. The van der Waals surface area contributed by atoms with Gasteiger partial charge in [-0.2, -0.15) is 0 Å². The van der Waals surface area contributed by atoms with E-state index in [1.54, 1.807) is 13.4 Å². The summed E-state index contributed by atoms with van der Waals surface area (Å²) < 4.78 is 5.62. The maximum atomic E-state index is 13.4. The van der Waals surface area contributed by atoms with Crippen molar-refractivity contribution in [2.75, 3.05) is 23.5 Å². The van der Waals surface area contributed by atoms with Gasteiger partial charge in [0.2, 0.25) is 5.91 Å². The quantitative estimate of drug-likeness (QED) is 0.667. The van der Waals surface area contributed by atoms with Crippen LogP contribution in [0.1, 0.15) is 17.7 Å². The molecule has 2 bridgehead atoms. The molecule has 2 atom stereocenters. The van der Waals surface area contributed by atoms with Gasteiger partial charge in [-0.05, 0) is 43.5 Å². The lowest BCUT2D eigenvalue weighted by atomic mass is 10.0. The molecule has 0 unspecified atom stereocenters. The van der Waals surface area contributed by atoms with Crippen molar-refractivity contribution in [3.63, 3.8) is 0 Å². The second kappa shape index (κ2) is 7.13. The Morgan fingerprint density at radius 3 is 2.57 bits per heavy atom. The Kier molecular flexibility index (Phi) is 4.42. The number of carbonyl (C=O) groups excluding carboxylic acids is 1. The van der Waals surface area contributed by atoms with E-state index >= 15 is 0 Å². The lowest BCUT2D eigenvalue weighted by molar-refractivity contribution is -0.118. The largest absolute Gasteiger partial charge is 0.495 e. The third-order valence-corrected chi connectivity index (χ3v) is 6.29. The van der Waals surface area contributed by atoms with Crippen molar-refractivity contribution in [1.29, 1.82) is 0 Å². The van der Waals surface area contributed by atoms with Crippen LogP contribution in [0.4, 0.5) is 11.5 Å². The van der Waals surface area contributed by atoms with Crippen molar-refractivity contribution in [1.82, 2.24) is 9.97 Å². The first-order chi connectivity index (χ1) is 14.6. The van der Waals surface area contributed by atoms with Crippen molar-refractivity contribution in [2.24, 2.45) is 0 Å². The number of fused-ring (bicyclic) bond motifs is 2. The molecule has 6 heteroatoms. The highest BCUT2D eigenvalue weighted by atomic mass is 16.5. The molecule has 2 aliphatic rings. The highest BCUT2D eigenvalue weighted by Crippen LogP contribution is 2.43. The minimum atomic E-state index is -0.201. The maximum absolute atomic E-state index is 13.4. The number of aryl methyl sites for hydroxylation is 1. The molecular weight excluding hydrogens is 376 g/mol. The van der Waals surface area contributed by atoms with Crippen LogP contribution in [0.25, 0.3) is 11.1 Å². The van der Waals surface area contributed by atoms with E-state index in [0.717, 1.165) is 52.6 Å². The van der Waals surface area contributed by atoms with E-state index < -0.39 is 0 Å². The first-order valence-electron chi connectivity index (χ1n) is 10.2. The Morgan fingerprint density at radius 1 is 1.03 bits per heavy atom. The Bertz CT molecular complexity index is 1120. The fourth-order valence-electron chi connectivity index (χ4n) is 4.63. The van der Waals surface area contributed by atoms with Gasteiger partial charge in [-0.15, -0.1) is 0 Å². The number of hydrogen-bond acceptors (Lipinski definition) is 5. The van der Waals surface area contributed by atoms with Gasteiger partial charge in [-0.3, -0.25) is 4.79 Å². The van der Waals surface area contributed by atoms with E-state index in [1.165, 1.54) is 0 Å². The molecule has 3 heterocycles. The highest BCUT2D eigenvalue weighted by Gasteiger charge is 2.51. The summed E-state index contributed by atoms with van der Waals surface area (Å²) in [5.74, 6) is 1.69. The normalized spacial score (nSPS) is 20.2. The zero-order valence-electron chi connectivity index (χ0n) is 17.4. The fraction of sp³-hybridized carbons (Fsp3) is 0.292. The van der Waals surface area contributed by atoms with E-state index in [4.69, 9.17) is 4.74 Å². The molecule has 2 saturated heterocycles. The van der Waals surface area contributed by atoms with Crippen LogP contribution in [0.3, 0.4) is 0 Å². The third kappa shape index (κ3) is 2.83. The standard InChI is InChI=1S/C24H24N4O2/c1-15-16(2)25-14-26-23(15)27-13-19-12-21(27)24(29)28(19)20-11-18(9-10-22(20)30-3)17-7-5-4-6-8-17/h4-11,14,19,21H,12-13H2,1-3H3/t19-,21-/m0/s1. The van der Waals surface area contributed by atoms with Crippen LogP contribution in [0.5, 0.6) is 5.75 Å². The van der Waals surface area contributed by atoms with Gasteiger partial charge in [-0.1, -0.05) is 36.4 Å². The lowest BCUT2D eigenvalue weighted by Crippen LogP contribution is -2.51. The molecule has 5 rings (SSSR count). The summed E-state index contributed by atoms with van der Waals surface area (Å²) in [7, 11) is 1.65. The molecule has 1 amide bonds. The van der Waals surface area contributed by atoms with Crippen molar-refractivity contribution >= 4 is 17.4 Å². The number of piperazine rings is 1. The Labute approximate surface area is 176 Å². The van der Waals surface area contributed by atoms with E-state index in [9.17, 15) is 4.79 Å². The van der Waals surface area contributed by atoms with Gasteiger partial charge in [-0.25, -0.2) is 9.97 Å². The van der Waals surface area contributed by atoms with Crippen LogP contribution in [-0.4, -0.2) is 41.6 Å². The van der Waals surface area contributed by atoms with Gasteiger partial charge in [0.05, 0.1) is 18.8 Å². The number of carbonyl (C=O) groups is 1. The summed E-state index contributed by atoms with van der Waals surface area (Å²) in [5, 5.41) is 0. The Hall–Kier alpha value is -3.41. The molecular formula is C24H24N4O2. The molecule has 0 aliphatic carbocycles. The van der Waals surface area contributed by atoms with Crippen LogP contribution in [0, 0.1) is 13.8 Å². The summed E-state index contributed by atoms with van der Waals surface area (Å²) in [4.78, 5) is 26.3. The number of amides is 1. The molecule has 0 radical (unpaired) electrons. The SMILES string of the molecule is COc1ccc(-c2ccccc2)cc1N1C(=O)[C@@H]2C[C@H]1CN2c1ncnc(C)c1C. The van der Waals surface area contributed by atoms with Crippen molar-refractivity contribution in [2.45, 2.75) is 32.4 Å². The predicted molar refractivity (Wildman–Crippen MR) is 117 cm³/mol. The molecule has 3 aromatic rings. The summed E-state index contributed by atoms with van der Waals surface area (Å²) in [6.07, 6.45) is 2.37. The summed E-state index contributed by atoms with van der Waals surface area (Å²) in [6, 6.07) is 16.1. The molecule has 0 saturated carbocycles. The number of rotatable bonds is 4. The molecule has 6 nitrogen and oxygen atoms in total. The number of benzene rings is 2. The minimum Gasteiger partial charge on any atom is -0.495 e. The Morgan fingerprint density at radius 2 is 1.83 bits per heavy atom. The summed E-state index contributed by atoms with van der Waals surface area (Å²) >= 11 is 0. The molecule has 0 N–H and O–H groups in total.